The first-order chi connectivity index (χ1) is 7.33. The number of alkyl halides is 4. The fraction of sp³-hybridized carbons (Fsp3) is 0.833. The Morgan fingerprint density at radius 3 is 2.12 bits per heavy atom. The number of hydrogen-bond donors (Lipinski definition) is 0. The average Bonchev–Trinajstić information content (AvgIpc) is 2.10. The van der Waals surface area contributed by atoms with Crippen LogP contribution in [0.4, 0.5) is 17.6 Å². The summed E-state index contributed by atoms with van der Waals surface area (Å²) in [6.45, 7) is 1.95. The van der Waals surface area contributed by atoms with Crippen molar-refractivity contribution in [3.63, 3.8) is 0 Å². The van der Waals surface area contributed by atoms with Crippen molar-refractivity contribution in [3.05, 3.63) is 6.42 Å². The van der Waals surface area contributed by atoms with Crippen LogP contribution in [0.25, 0.3) is 0 Å². The first-order valence-electron chi connectivity index (χ1n) is 5.48. The van der Waals surface area contributed by atoms with Gasteiger partial charge in [0.1, 0.15) is 0 Å². The van der Waals surface area contributed by atoms with Crippen molar-refractivity contribution in [1.82, 2.24) is 0 Å². The maximum Gasteiger partial charge on any atom is 0.264 e. The van der Waals surface area contributed by atoms with E-state index in [1.54, 1.807) is 0 Å². The summed E-state index contributed by atoms with van der Waals surface area (Å²) in [5.41, 5.74) is 0. The van der Waals surface area contributed by atoms with Gasteiger partial charge in [0.25, 0.3) is 11.8 Å². The minimum Gasteiger partial charge on any atom is -0.207 e. The van der Waals surface area contributed by atoms with Gasteiger partial charge < -0.3 is 0 Å². The molecule has 0 rings (SSSR count). The van der Waals surface area contributed by atoms with E-state index in [1.165, 1.54) is 5.92 Å². The van der Waals surface area contributed by atoms with Gasteiger partial charge in [-0.3, -0.25) is 0 Å². The zero-order valence-electron chi connectivity index (χ0n) is 9.46. The largest absolute Gasteiger partial charge is 0.264 e. The van der Waals surface area contributed by atoms with E-state index >= 15 is 0 Å². The molecule has 0 aliphatic carbocycles. The molecule has 4 heteroatoms. The van der Waals surface area contributed by atoms with Crippen LogP contribution in [0.15, 0.2) is 0 Å². The molecule has 1 radical (unpaired) electrons. The normalized spacial score (nSPS) is 12.5. The molecule has 0 aromatic heterocycles. The number of unbranched alkanes of at least 4 members (excludes halogenated alkanes) is 3. The molecule has 0 saturated heterocycles. The van der Waals surface area contributed by atoms with Crippen LogP contribution in [0.3, 0.4) is 0 Å². The molecule has 0 aliphatic heterocycles. The van der Waals surface area contributed by atoms with Crippen LogP contribution < -0.4 is 0 Å². The highest BCUT2D eigenvalue weighted by molar-refractivity contribution is 4.88. The van der Waals surface area contributed by atoms with Crippen LogP contribution in [0.1, 0.15) is 51.9 Å². The Hall–Kier alpha value is -0.720. The summed E-state index contributed by atoms with van der Waals surface area (Å²) >= 11 is 0. The van der Waals surface area contributed by atoms with Gasteiger partial charge in [-0.25, -0.2) is 17.6 Å². The molecule has 0 bridgehead atoms. The summed E-state index contributed by atoms with van der Waals surface area (Å²) in [7, 11) is 0. The lowest BCUT2D eigenvalue weighted by Gasteiger charge is -2.21. The molecule has 0 nitrogen and oxygen atoms in total. The lowest BCUT2D eigenvalue weighted by atomic mass is 10.0. The van der Waals surface area contributed by atoms with Crippen molar-refractivity contribution in [2.24, 2.45) is 0 Å². The van der Waals surface area contributed by atoms with Gasteiger partial charge in [-0.05, 0) is 12.8 Å². The number of hydrogen-bond acceptors (Lipinski definition) is 0. The molecular weight excluding hydrogens is 220 g/mol. The third kappa shape index (κ3) is 7.56. The zero-order valence-corrected chi connectivity index (χ0v) is 9.46. The smallest absolute Gasteiger partial charge is 0.207 e. The maximum atomic E-state index is 13.1. The molecule has 0 aromatic rings. The van der Waals surface area contributed by atoms with Gasteiger partial charge in [0, 0.05) is 6.42 Å². The van der Waals surface area contributed by atoms with Gasteiger partial charge in [0.15, 0.2) is 0 Å². The lowest BCUT2D eigenvalue weighted by molar-refractivity contribution is -0.112. The molecular formula is C12H17F4. The monoisotopic (exact) mass is 237 g/mol. The Labute approximate surface area is 94.4 Å². The van der Waals surface area contributed by atoms with Crippen molar-refractivity contribution in [1.29, 1.82) is 0 Å². The van der Waals surface area contributed by atoms with E-state index in [9.17, 15) is 17.6 Å². The average molecular weight is 237 g/mol. The summed E-state index contributed by atoms with van der Waals surface area (Å²) in [5.74, 6) is -5.38. The van der Waals surface area contributed by atoms with Crippen molar-refractivity contribution >= 4 is 0 Å². The van der Waals surface area contributed by atoms with E-state index in [4.69, 9.17) is 6.42 Å². The molecule has 0 heterocycles. The zero-order chi connectivity index (χ0) is 12.7. The van der Waals surface area contributed by atoms with Gasteiger partial charge in [-0.1, -0.05) is 32.1 Å². The molecule has 16 heavy (non-hydrogen) atoms. The second-order valence-corrected chi connectivity index (χ2v) is 4.05. The molecule has 0 aliphatic rings. The van der Waals surface area contributed by atoms with Gasteiger partial charge in [-0.15, -0.1) is 0 Å². The summed E-state index contributed by atoms with van der Waals surface area (Å²) in [6.07, 6.45) is 6.07. The SMILES string of the molecule is [C]#CCC(F)(F)CC(F)(F)CCCCCC. The standard InChI is InChI=1S/C12H17F4/c1-3-5-6-7-9-12(15,16)10-11(13,14)8-4-2/h3,5-10H2,1H3. The molecule has 0 atom stereocenters. The Morgan fingerprint density at radius 2 is 1.62 bits per heavy atom. The van der Waals surface area contributed by atoms with Crippen molar-refractivity contribution < 1.29 is 17.6 Å². The summed E-state index contributed by atoms with van der Waals surface area (Å²) < 4.78 is 51.9. The van der Waals surface area contributed by atoms with Crippen LogP contribution in [0, 0.1) is 12.3 Å². The van der Waals surface area contributed by atoms with E-state index in [0.717, 1.165) is 12.8 Å². The Kier molecular flexibility index (Phi) is 6.47. The first-order valence-corrected chi connectivity index (χ1v) is 5.48. The van der Waals surface area contributed by atoms with Crippen molar-refractivity contribution in [2.45, 2.75) is 63.7 Å². The fourth-order valence-electron chi connectivity index (χ4n) is 1.47. The fourth-order valence-corrected chi connectivity index (χ4v) is 1.47. The maximum absolute atomic E-state index is 13.1. The lowest BCUT2D eigenvalue weighted by Crippen LogP contribution is -2.28. The van der Waals surface area contributed by atoms with Gasteiger partial charge >= 0.3 is 0 Å². The van der Waals surface area contributed by atoms with E-state index < -0.39 is 31.1 Å². The molecule has 0 fully saturated rings. The van der Waals surface area contributed by atoms with E-state index in [0.29, 0.717) is 6.42 Å². The molecule has 93 valence electrons. The highest BCUT2D eigenvalue weighted by Crippen LogP contribution is 2.36. The third-order valence-corrected chi connectivity index (χ3v) is 2.26. The second kappa shape index (κ2) is 6.78. The molecule has 0 amide bonds. The molecule has 0 saturated carbocycles. The molecule has 0 aromatic carbocycles. The summed E-state index contributed by atoms with van der Waals surface area (Å²) in [5, 5.41) is 0. The van der Waals surface area contributed by atoms with E-state index in [2.05, 4.69) is 0 Å². The molecule has 0 spiro atoms. The Balaban J connectivity index is 3.99. The quantitative estimate of drug-likeness (QED) is 0.329. The van der Waals surface area contributed by atoms with Crippen LogP contribution in [0.2, 0.25) is 0 Å². The highest BCUT2D eigenvalue weighted by atomic mass is 19.3. The van der Waals surface area contributed by atoms with Gasteiger partial charge in [0.05, 0.1) is 12.8 Å². The molecule has 0 N–H and O–H groups in total. The summed E-state index contributed by atoms with van der Waals surface area (Å²) in [6, 6.07) is 0. The third-order valence-electron chi connectivity index (χ3n) is 2.26. The molecule has 0 unspecified atom stereocenters. The van der Waals surface area contributed by atoms with Gasteiger partial charge in [-0.2, -0.15) is 0 Å². The number of halogens is 4. The predicted octanol–water partition coefficient (Wildman–Crippen LogP) is 4.60. The Bertz CT molecular complexity index is 228. The minimum absolute atomic E-state index is 0.269. The summed E-state index contributed by atoms with van der Waals surface area (Å²) in [4.78, 5) is 0. The number of rotatable bonds is 8. The highest BCUT2D eigenvalue weighted by Gasteiger charge is 2.41. The van der Waals surface area contributed by atoms with E-state index in [-0.39, 0.29) is 6.42 Å². The van der Waals surface area contributed by atoms with Crippen molar-refractivity contribution in [3.8, 4) is 5.92 Å². The topological polar surface area (TPSA) is 0 Å². The van der Waals surface area contributed by atoms with Crippen LogP contribution in [-0.4, -0.2) is 11.8 Å². The second-order valence-electron chi connectivity index (χ2n) is 4.05. The van der Waals surface area contributed by atoms with Crippen LogP contribution in [0.5, 0.6) is 0 Å². The van der Waals surface area contributed by atoms with Crippen LogP contribution in [-0.2, 0) is 0 Å². The van der Waals surface area contributed by atoms with Gasteiger partial charge in [0.2, 0.25) is 0 Å². The van der Waals surface area contributed by atoms with E-state index in [1.807, 2.05) is 6.92 Å². The van der Waals surface area contributed by atoms with Crippen molar-refractivity contribution in [2.75, 3.05) is 0 Å². The predicted molar refractivity (Wildman–Crippen MR) is 55.0 cm³/mol. The minimum atomic E-state index is -3.52. The first kappa shape index (κ1) is 15.3. The Morgan fingerprint density at radius 1 is 1.00 bits per heavy atom. The van der Waals surface area contributed by atoms with Crippen LogP contribution >= 0.6 is 0 Å².